The van der Waals surface area contributed by atoms with E-state index >= 15 is 0 Å². The van der Waals surface area contributed by atoms with Crippen molar-refractivity contribution in [2.24, 2.45) is 0 Å². The van der Waals surface area contributed by atoms with E-state index in [9.17, 15) is 4.79 Å². The number of carbonyl (C=O) groups is 1. The van der Waals surface area contributed by atoms with Crippen LogP contribution in [0.3, 0.4) is 0 Å². The summed E-state index contributed by atoms with van der Waals surface area (Å²) in [5.74, 6) is 0.0350. The Morgan fingerprint density at radius 2 is 1.33 bits per heavy atom. The van der Waals surface area contributed by atoms with E-state index in [0.717, 1.165) is 32.1 Å². The van der Waals surface area contributed by atoms with Crippen molar-refractivity contribution in [1.82, 2.24) is 0 Å². The third-order valence-corrected chi connectivity index (χ3v) is 3.87. The number of carbonyl (C=O) groups excluding carboxylic acids is 1. The predicted molar refractivity (Wildman–Crippen MR) is 91.8 cm³/mol. The van der Waals surface area contributed by atoms with Gasteiger partial charge in [0.25, 0.3) is 0 Å². The minimum atomic E-state index is 0.0350. The molecule has 0 saturated heterocycles. The highest BCUT2D eigenvalue weighted by atomic mass is 16.1. The molecule has 21 heavy (non-hydrogen) atoms. The van der Waals surface area contributed by atoms with Gasteiger partial charge < -0.3 is 10.8 Å². The molecule has 0 radical (unpaired) electrons. The lowest BCUT2D eigenvalue weighted by molar-refractivity contribution is -0.113. The number of nitrogens with one attached hydrogen (secondary N) is 2. The van der Waals surface area contributed by atoms with Crippen molar-refractivity contribution in [3.05, 3.63) is 0 Å². The van der Waals surface area contributed by atoms with Crippen molar-refractivity contribution in [2.45, 2.75) is 96.8 Å². The average molecular weight is 294 g/mol. The zero-order valence-corrected chi connectivity index (χ0v) is 13.9. The van der Waals surface area contributed by atoms with Crippen LogP contribution >= 0.6 is 0 Å². The second kappa shape index (κ2) is 15.4. The highest BCUT2D eigenvalue weighted by Crippen LogP contribution is 2.11. The molecule has 0 amide bonds. The van der Waals surface area contributed by atoms with Crippen molar-refractivity contribution in [2.75, 3.05) is 0 Å². The maximum atomic E-state index is 11.7. The quantitative estimate of drug-likeness (QED) is 0.278. The Labute approximate surface area is 130 Å². The van der Waals surface area contributed by atoms with E-state index < -0.39 is 0 Å². The van der Waals surface area contributed by atoms with Crippen LogP contribution in [-0.2, 0) is 4.79 Å². The summed E-state index contributed by atoms with van der Waals surface area (Å²) in [4.78, 5) is 11.7. The minimum Gasteiger partial charge on any atom is -0.313 e. The number of hydrogen-bond acceptors (Lipinski definition) is 3. The largest absolute Gasteiger partial charge is 0.313 e. The topological polar surface area (TPSA) is 64.8 Å². The maximum absolute atomic E-state index is 11.7. The molecule has 0 aromatic heterocycles. The predicted octanol–water partition coefficient (Wildman–Crippen LogP) is 5.71. The van der Waals surface area contributed by atoms with E-state index in [1.807, 2.05) is 0 Å². The van der Waals surface area contributed by atoms with Crippen LogP contribution in [0.5, 0.6) is 0 Å². The maximum Gasteiger partial charge on any atom is 0.176 e. The summed E-state index contributed by atoms with van der Waals surface area (Å²) >= 11 is 0. The number of ketones is 1. The van der Waals surface area contributed by atoms with Crippen LogP contribution in [0.15, 0.2) is 0 Å². The van der Waals surface area contributed by atoms with Crippen LogP contribution in [0.4, 0.5) is 0 Å². The van der Waals surface area contributed by atoms with Crippen LogP contribution in [-0.4, -0.2) is 17.7 Å². The Kier molecular flexibility index (Phi) is 14.7. The van der Waals surface area contributed by atoms with E-state index in [2.05, 4.69) is 6.92 Å². The second-order valence-corrected chi connectivity index (χ2v) is 5.93. The highest BCUT2D eigenvalue weighted by molar-refractivity contribution is 6.38. The Balaban J connectivity index is 3.36. The molecule has 0 spiro atoms. The van der Waals surface area contributed by atoms with Crippen molar-refractivity contribution in [3.63, 3.8) is 0 Å². The minimum absolute atomic E-state index is 0.0350. The Morgan fingerprint density at radius 1 is 0.810 bits per heavy atom. The Bertz CT molecular complexity index is 287. The summed E-state index contributed by atoms with van der Waals surface area (Å²) in [7, 11) is 0. The fraction of sp³-hybridized carbons (Fsp3) is 0.833. The monoisotopic (exact) mass is 294 g/mol. The summed E-state index contributed by atoms with van der Waals surface area (Å²) in [6.45, 7) is 2.24. The van der Waals surface area contributed by atoms with Crippen LogP contribution < -0.4 is 0 Å². The standard InChI is InChI=1S/C18H34N2O/c1-2-3-4-5-6-7-8-9-12-15-18(21)17(20)14-11-10-13-16-19/h16,19-20H,2-15H2,1H3. The molecule has 0 aromatic carbocycles. The lowest BCUT2D eigenvalue weighted by atomic mass is 10.0. The average Bonchev–Trinajstić information content (AvgIpc) is 2.49. The molecule has 122 valence electrons. The third kappa shape index (κ3) is 13.7. The van der Waals surface area contributed by atoms with Gasteiger partial charge in [-0.25, -0.2) is 0 Å². The number of Topliss-reactive ketones (excluding diaryl/α,β-unsaturated/α-hetero) is 1. The molecule has 3 heteroatoms. The van der Waals surface area contributed by atoms with Crippen molar-refractivity contribution in [1.29, 1.82) is 10.8 Å². The molecule has 0 aliphatic rings. The first kappa shape index (κ1) is 20.0. The van der Waals surface area contributed by atoms with Crippen LogP contribution in [0.2, 0.25) is 0 Å². The Morgan fingerprint density at radius 3 is 1.90 bits per heavy atom. The summed E-state index contributed by atoms with van der Waals surface area (Å²) in [6, 6.07) is 0. The first-order valence-corrected chi connectivity index (χ1v) is 8.82. The van der Waals surface area contributed by atoms with Crippen molar-refractivity contribution >= 4 is 17.7 Å². The molecule has 0 bridgehead atoms. The van der Waals surface area contributed by atoms with E-state index in [1.165, 1.54) is 51.2 Å². The van der Waals surface area contributed by atoms with Gasteiger partial charge in [-0.3, -0.25) is 4.79 Å². The van der Waals surface area contributed by atoms with Gasteiger partial charge in [0.05, 0.1) is 5.71 Å². The SMILES string of the molecule is CCCCCCCCCCCC(=O)C(=N)CCCCC=N. The first-order chi connectivity index (χ1) is 10.2. The van der Waals surface area contributed by atoms with Gasteiger partial charge in [0.2, 0.25) is 0 Å². The van der Waals surface area contributed by atoms with Crippen LogP contribution in [0.1, 0.15) is 96.8 Å². The zero-order valence-electron chi connectivity index (χ0n) is 13.9. The van der Waals surface area contributed by atoms with Gasteiger partial charge in [-0.1, -0.05) is 58.3 Å². The van der Waals surface area contributed by atoms with Gasteiger partial charge in [-0.2, -0.15) is 0 Å². The number of hydrogen-bond donors (Lipinski definition) is 2. The van der Waals surface area contributed by atoms with Crippen molar-refractivity contribution in [3.8, 4) is 0 Å². The molecule has 0 aromatic rings. The molecule has 0 atom stereocenters. The molecule has 0 aliphatic heterocycles. The molecule has 0 heterocycles. The molecular weight excluding hydrogens is 260 g/mol. The molecular formula is C18H34N2O. The molecule has 0 saturated carbocycles. The zero-order chi connectivity index (χ0) is 15.8. The highest BCUT2D eigenvalue weighted by Gasteiger charge is 2.08. The lowest BCUT2D eigenvalue weighted by Gasteiger charge is -2.04. The number of unbranched alkanes of at least 4 members (excludes halogenated alkanes) is 10. The second-order valence-electron chi connectivity index (χ2n) is 5.93. The van der Waals surface area contributed by atoms with Gasteiger partial charge >= 0.3 is 0 Å². The number of rotatable bonds is 16. The summed E-state index contributed by atoms with van der Waals surface area (Å²) < 4.78 is 0. The fourth-order valence-corrected chi connectivity index (χ4v) is 2.43. The molecule has 0 aliphatic carbocycles. The summed E-state index contributed by atoms with van der Waals surface area (Å²) in [6.07, 6.45) is 16.4. The smallest absolute Gasteiger partial charge is 0.176 e. The van der Waals surface area contributed by atoms with Gasteiger partial charge in [-0.05, 0) is 38.3 Å². The van der Waals surface area contributed by atoms with Crippen LogP contribution in [0, 0.1) is 10.8 Å². The summed E-state index contributed by atoms with van der Waals surface area (Å²) in [5, 5.41) is 14.7. The van der Waals surface area contributed by atoms with Crippen LogP contribution in [0.25, 0.3) is 0 Å². The molecule has 0 rings (SSSR count). The van der Waals surface area contributed by atoms with E-state index in [0.29, 0.717) is 18.6 Å². The molecule has 3 nitrogen and oxygen atoms in total. The van der Waals surface area contributed by atoms with Gasteiger partial charge in [0.1, 0.15) is 0 Å². The third-order valence-electron chi connectivity index (χ3n) is 3.87. The van der Waals surface area contributed by atoms with E-state index in [1.54, 1.807) is 0 Å². The van der Waals surface area contributed by atoms with E-state index in [4.69, 9.17) is 10.8 Å². The molecule has 0 unspecified atom stereocenters. The first-order valence-electron chi connectivity index (χ1n) is 8.82. The fourth-order valence-electron chi connectivity index (χ4n) is 2.43. The Hall–Kier alpha value is -0.990. The van der Waals surface area contributed by atoms with Gasteiger partial charge in [0, 0.05) is 6.42 Å². The van der Waals surface area contributed by atoms with Gasteiger partial charge in [-0.15, -0.1) is 0 Å². The summed E-state index contributed by atoms with van der Waals surface area (Å²) in [5.41, 5.74) is 0.291. The normalized spacial score (nSPS) is 10.5. The molecule has 0 fully saturated rings. The van der Waals surface area contributed by atoms with E-state index in [-0.39, 0.29) is 5.78 Å². The van der Waals surface area contributed by atoms with Crippen molar-refractivity contribution < 1.29 is 4.79 Å². The molecule has 2 N–H and O–H groups in total. The van der Waals surface area contributed by atoms with Gasteiger partial charge in [0.15, 0.2) is 5.78 Å². The lowest BCUT2D eigenvalue weighted by Crippen LogP contribution is -2.12.